The van der Waals surface area contributed by atoms with E-state index in [1.165, 1.54) is 19.2 Å². The number of rotatable bonds is 3. The van der Waals surface area contributed by atoms with E-state index < -0.39 is 5.97 Å². The lowest BCUT2D eigenvalue weighted by molar-refractivity contribution is 0.0594. The number of fused-ring (bicyclic) bond motifs is 1. The highest BCUT2D eigenvalue weighted by molar-refractivity contribution is 5.92. The Labute approximate surface area is 154 Å². The molecule has 0 saturated heterocycles. The Morgan fingerprint density at radius 3 is 2.59 bits per heavy atom. The third-order valence-corrected chi connectivity index (χ3v) is 4.36. The van der Waals surface area contributed by atoms with Crippen LogP contribution in [0.3, 0.4) is 0 Å². The zero-order chi connectivity index (χ0) is 19.1. The van der Waals surface area contributed by atoms with E-state index in [0.717, 1.165) is 16.7 Å². The van der Waals surface area contributed by atoms with Gasteiger partial charge in [0, 0.05) is 36.1 Å². The Kier molecular flexibility index (Phi) is 3.95. The van der Waals surface area contributed by atoms with Gasteiger partial charge in [0.15, 0.2) is 11.3 Å². The summed E-state index contributed by atoms with van der Waals surface area (Å²) in [5.74, 6) is -0.831. The highest BCUT2D eigenvalue weighted by Gasteiger charge is 2.22. The Morgan fingerprint density at radius 2 is 1.89 bits per heavy atom. The molecule has 1 aromatic carbocycles. The standard InChI is InChI=1S/C19H16FN5O2/c1-11-16(19(26)27-3)22-18-14(8-9-21-25(11)18)15-10-24(2)23-17(15)12-4-6-13(20)7-5-12/h4-10H,1-3H3. The van der Waals surface area contributed by atoms with Gasteiger partial charge in [-0.05, 0) is 37.3 Å². The van der Waals surface area contributed by atoms with Crippen molar-refractivity contribution in [2.24, 2.45) is 7.05 Å². The second kappa shape index (κ2) is 6.31. The normalized spacial score (nSPS) is 11.1. The number of hydrogen-bond acceptors (Lipinski definition) is 5. The molecule has 0 fully saturated rings. The summed E-state index contributed by atoms with van der Waals surface area (Å²) >= 11 is 0. The summed E-state index contributed by atoms with van der Waals surface area (Å²) in [6, 6.07) is 7.95. The monoisotopic (exact) mass is 365 g/mol. The molecule has 0 N–H and O–H groups in total. The van der Waals surface area contributed by atoms with Gasteiger partial charge in [-0.3, -0.25) is 4.68 Å². The molecule has 3 aromatic heterocycles. The number of methoxy groups -OCH3 is 1. The Bertz CT molecular complexity index is 1160. The van der Waals surface area contributed by atoms with Crippen molar-refractivity contribution < 1.29 is 13.9 Å². The Hall–Kier alpha value is -3.55. The first kappa shape index (κ1) is 16.9. The molecule has 0 unspecified atom stereocenters. The summed E-state index contributed by atoms with van der Waals surface area (Å²) in [5.41, 5.74) is 4.35. The third-order valence-electron chi connectivity index (χ3n) is 4.36. The van der Waals surface area contributed by atoms with Crippen molar-refractivity contribution in [1.82, 2.24) is 24.4 Å². The van der Waals surface area contributed by atoms with Crippen LogP contribution >= 0.6 is 0 Å². The van der Waals surface area contributed by atoms with Crippen LogP contribution in [0.4, 0.5) is 4.39 Å². The number of carbonyl (C=O) groups excluding carboxylic acids is 1. The second-order valence-electron chi connectivity index (χ2n) is 6.09. The lowest BCUT2D eigenvalue weighted by Crippen LogP contribution is -2.04. The topological polar surface area (TPSA) is 74.3 Å². The lowest BCUT2D eigenvalue weighted by Gasteiger charge is -2.04. The Balaban J connectivity index is 1.96. The van der Waals surface area contributed by atoms with E-state index in [1.54, 1.807) is 34.5 Å². The van der Waals surface area contributed by atoms with Crippen molar-refractivity contribution in [3.63, 3.8) is 0 Å². The van der Waals surface area contributed by atoms with E-state index in [0.29, 0.717) is 17.0 Å². The number of nitrogens with zero attached hydrogens (tertiary/aromatic N) is 5. The largest absolute Gasteiger partial charge is 0.464 e. The number of halogens is 1. The molecule has 0 saturated carbocycles. The fourth-order valence-electron chi connectivity index (χ4n) is 3.06. The van der Waals surface area contributed by atoms with Crippen molar-refractivity contribution in [3.05, 3.63) is 59.9 Å². The van der Waals surface area contributed by atoms with Crippen LogP contribution in [0.5, 0.6) is 0 Å². The van der Waals surface area contributed by atoms with Gasteiger partial charge in [-0.15, -0.1) is 0 Å². The fraction of sp³-hybridized carbons (Fsp3) is 0.158. The van der Waals surface area contributed by atoms with E-state index in [4.69, 9.17) is 4.74 Å². The summed E-state index contributed by atoms with van der Waals surface area (Å²) in [4.78, 5) is 16.4. The molecule has 3 heterocycles. The predicted octanol–water partition coefficient (Wildman–Crippen LogP) is 3.03. The molecular weight excluding hydrogens is 349 g/mol. The van der Waals surface area contributed by atoms with Crippen molar-refractivity contribution in [3.8, 4) is 22.4 Å². The van der Waals surface area contributed by atoms with E-state index in [-0.39, 0.29) is 11.5 Å². The summed E-state index contributed by atoms with van der Waals surface area (Å²) in [6.45, 7) is 1.76. The fourth-order valence-corrected chi connectivity index (χ4v) is 3.06. The van der Waals surface area contributed by atoms with Crippen LogP contribution in [0.2, 0.25) is 0 Å². The number of benzene rings is 1. The molecule has 0 amide bonds. The molecule has 4 rings (SSSR count). The first-order valence-corrected chi connectivity index (χ1v) is 8.22. The first-order valence-electron chi connectivity index (χ1n) is 8.22. The van der Waals surface area contributed by atoms with Crippen molar-refractivity contribution in [2.45, 2.75) is 6.92 Å². The maximum absolute atomic E-state index is 13.3. The van der Waals surface area contributed by atoms with E-state index >= 15 is 0 Å². The SMILES string of the molecule is COC(=O)c1nc2c(-c3cn(C)nc3-c3ccc(F)cc3)ccnn2c1C. The van der Waals surface area contributed by atoms with Gasteiger partial charge < -0.3 is 4.74 Å². The van der Waals surface area contributed by atoms with Gasteiger partial charge in [-0.1, -0.05) is 0 Å². The molecule has 0 aliphatic carbocycles. The minimum atomic E-state index is -0.520. The number of hydrogen-bond donors (Lipinski definition) is 0. The average Bonchev–Trinajstić information content (AvgIpc) is 3.22. The van der Waals surface area contributed by atoms with Crippen LogP contribution in [0.15, 0.2) is 42.7 Å². The van der Waals surface area contributed by atoms with Crippen LogP contribution in [0, 0.1) is 12.7 Å². The van der Waals surface area contributed by atoms with Crippen molar-refractivity contribution >= 4 is 11.6 Å². The zero-order valence-electron chi connectivity index (χ0n) is 15.0. The van der Waals surface area contributed by atoms with Crippen LogP contribution < -0.4 is 0 Å². The molecule has 0 aliphatic heterocycles. The lowest BCUT2D eigenvalue weighted by atomic mass is 10.0. The van der Waals surface area contributed by atoms with E-state index in [9.17, 15) is 9.18 Å². The maximum atomic E-state index is 13.3. The molecule has 0 atom stereocenters. The van der Waals surface area contributed by atoms with Crippen LogP contribution in [0.25, 0.3) is 28.0 Å². The van der Waals surface area contributed by atoms with Gasteiger partial charge in [0.2, 0.25) is 0 Å². The Morgan fingerprint density at radius 1 is 1.15 bits per heavy atom. The number of aromatic nitrogens is 5. The molecular formula is C19H16FN5O2. The third kappa shape index (κ3) is 2.75. The highest BCUT2D eigenvalue weighted by atomic mass is 19.1. The summed E-state index contributed by atoms with van der Waals surface area (Å²) < 4.78 is 21.4. The number of esters is 1. The maximum Gasteiger partial charge on any atom is 0.358 e. The van der Waals surface area contributed by atoms with Gasteiger partial charge >= 0.3 is 5.97 Å². The molecule has 0 spiro atoms. The summed E-state index contributed by atoms with van der Waals surface area (Å²) in [5, 5.41) is 8.81. The number of aryl methyl sites for hydroxylation is 2. The van der Waals surface area contributed by atoms with Gasteiger partial charge in [0.05, 0.1) is 12.8 Å². The molecule has 8 heteroatoms. The number of ether oxygens (including phenoxy) is 1. The molecule has 7 nitrogen and oxygen atoms in total. The molecule has 27 heavy (non-hydrogen) atoms. The average molecular weight is 365 g/mol. The van der Waals surface area contributed by atoms with Gasteiger partial charge in [-0.2, -0.15) is 10.2 Å². The summed E-state index contributed by atoms with van der Waals surface area (Å²) in [6.07, 6.45) is 3.50. The zero-order valence-corrected chi connectivity index (χ0v) is 15.0. The number of carbonyl (C=O) groups is 1. The van der Waals surface area contributed by atoms with Gasteiger partial charge in [0.25, 0.3) is 0 Å². The minimum Gasteiger partial charge on any atom is -0.464 e. The number of imidazole rings is 1. The minimum absolute atomic E-state index is 0.213. The summed E-state index contributed by atoms with van der Waals surface area (Å²) in [7, 11) is 3.12. The highest BCUT2D eigenvalue weighted by Crippen LogP contribution is 2.33. The molecule has 0 bridgehead atoms. The predicted molar refractivity (Wildman–Crippen MR) is 96.7 cm³/mol. The quantitative estimate of drug-likeness (QED) is 0.522. The van der Waals surface area contributed by atoms with Crippen LogP contribution in [-0.2, 0) is 11.8 Å². The van der Waals surface area contributed by atoms with Crippen LogP contribution in [-0.4, -0.2) is 37.5 Å². The van der Waals surface area contributed by atoms with Gasteiger partial charge in [-0.25, -0.2) is 18.7 Å². The molecule has 136 valence electrons. The smallest absolute Gasteiger partial charge is 0.358 e. The first-order chi connectivity index (χ1) is 13.0. The van der Waals surface area contributed by atoms with E-state index in [2.05, 4.69) is 15.2 Å². The van der Waals surface area contributed by atoms with E-state index in [1.807, 2.05) is 19.3 Å². The van der Waals surface area contributed by atoms with Crippen molar-refractivity contribution in [1.29, 1.82) is 0 Å². The van der Waals surface area contributed by atoms with Gasteiger partial charge in [0.1, 0.15) is 11.5 Å². The van der Waals surface area contributed by atoms with Crippen molar-refractivity contribution in [2.75, 3.05) is 7.11 Å². The molecule has 4 aromatic rings. The second-order valence-corrected chi connectivity index (χ2v) is 6.09. The van der Waals surface area contributed by atoms with Crippen LogP contribution in [0.1, 0.15) is 16.2 Å². The molecule has 0 radical (unpaired) electrons. The molecule has 0 aliphatic rings.